The molecule has 214 valence electrons. The maximum absolute atomic E-state index is 12.2. The van der Waals surface area contributed by atoms with Crippen LogP contribution in [0.5, 0.6) is 5.75 Å². The summed E-state index contributed by atoms with van der Waals surface area (Å²) in [6.07, 6.45) is -0.368. The molecule has 2 aliphatic heterocycles. The topological polar surface area (TPSA) is 78.5 Å². The molecule has 0 atom stereocenters. The first-order valence-corrected chi connectivity index (χ1v) is 14.4. The van der Waals surface area contributed by atoms with E-state index in [1.54, 1.807) is 37.3 Å². The Kier molecular flexibility index (Phi) is 7.43. The van der Waals surface area contributed by atoms with Crippen LogP contribution in [0.2, 0.25) is 0 Å². The van der Waals surface area contributed by atoms with Crippen molar-refractivity contribution < 1.29 is 19.1 Å². The van der Waals surface area contributed by atoms with Gasteiger partial charge in [-0.25, -0.2) is 9.78 Å². The molecule has 40 heavy (non-hydrogen) atoms. The Bertz CT molecular complexity index is 1400. The second-order valence-corrected chi connectivity index (χ2v) is 13.2. The minimum absolute atomic E-state index is 0.00150. The normalized spacial score (nSPS) is 16.4. The number of aromatic nitrogens is 1. The first kappa shape index (κ1) is 28.2. The van der Waals surface area contributed by atoms with Crippen LogP contribution in [-0.2, 0) is 9.53 Å². The van der Waals surface area contributed by atoms with Gasteiger partial charge in [-0.05, 0) is 64.2 Å². The standard InChI is InChI=1S/C30H39N5O4S/c1-20(36)34(7)26-15-24-27(40-26)25(35-18-30(19-35)16-32(5)17-30)14-23(31-24)21-8-10-22(11-9-21)38-13-12-33(6)28(37)39-29(2,3)4/h8-11,14-15H,12-13,16-19H2,1-7H3. The van der Waals surface area contributed by atoms with Gasteiger partial charge in [-0.1, -0.05) is 0 Å². The summed E-state index contributed by atoms with van der Waals surface area (Å²) in [4.78, 5) is 37.2. The number of ether oxygens (including phenoxy) is 2. The van der Waals surface area contributed by atoms with E-state index in [0.717, 1.165) is 58.4 Å². The lowest BCUT2D eigenvalue weighted by Gasteiger charge is -2.60. The Balaban J connectivity index is 1.32. The number of nitrogens with zero attached hydrogens (tertiary/aromatic N) is 5. The number of rotatable bonds is 7. The number of hydrogen-bond acceptors (Lipinski definition) is 8. The highest BCUT2D eigenvalue weighted by molar-refractivity contribution is 7.23. The molecule has 5 rings (SSSR count). The molecule has 2 saturated heterocycles. The Hall–Kier alpha value is -3.37. The van der Waals surface area contributed by atoms with Gasteiger partial charge < -0.3 is 29.1 Å². The molecule has 0 saturated carbocycles. The zero-order chi connectivity index (χ0) is 28.8. The van der Waals surface area contributed by atoms with Crippen molar-refractivity contribution in [2.75, 3.05) is 70.3 Å². The summed E-state index contributed by atoms with van der Waals surface area (Å²) in [7, 11) is 5.68. The number of fused-ring (bicyclic) bond motifs is 1. The molecule has 0 bridgehead atoms. The number of anilines is 2. The monoisotopic (exact) mass is 565 g/mol. The van der Waals surface area contributed by atoms with E-state index in [9.17, 15) is 9.59 Å². The van der Waals surface area contributed by atoms with Crippen molar-refractivity contribution >= 4 is 44.2 Å². The molecular formula is C30H39N5O4S. The van der Waals surface area contributed by atoms with Gasteiger partial charge in [0.2, 0.25) is 5.91 Å². The molecule has 2 fully saturated rings. The molecule has 0 radical (unpaired) electrons. The van der Waals surface area contributed by atoms with Crippen LogP contribution in [0.4, 0.5) is 15.5 Å². The lowest BCUT2D eigenvalue weighted by Crippen LogP contribution is -2.71. The first-order valence-electron chi connectivity index (χ1n) is 13.6. The summed E-state index contributed by atoms with van der Waals surface area (Å²) < 4.78 is 12.4. The highest BCUT2D eigenvalue weighted by Gasteiger charge is 2.50. The number of benzene rings is 1. The van der Waals surface area contributed by atoms with Crippen molar-refractivity contribution in [2.45, 2.75) is 33.3 Å². The summed E-state index contributed by atoms with van der Waals surface area (Å²) in [5.41, 5.74) is 3.83. The second kappa shape index (κ2) is 10.6. The minimum atomic E-state index is -0.530. The van der Waals surface area contributed by atoms with E-state index < -0.39 is 5.60 Å². The highest BCUT2D eigenvalue weighted by atomic mass is 32.1. The fourth-order valence-electron chi connectivity index (χ4n) is 5.38. The summed E-state index contributed by atoms with van der Waals surface area (Å²) in [6.45, 7) is 12.3. The van der Waals surface area contributed by atoms with Gasteiger partial charge in [0, 0.05) is 58.2 Å². The third-order valence-electron chi connectivity index (χ3n) is 7.40. The zero-order valence-corrected chi connectivity index (χ0v) is 25.3. The highest BCUT2D eigenvalue weighted by Crippen LogP contribution is 2.46. The minimum Gasteiger partial charge on any atom is -0.492 e. The number of carbonyl (C=O) groups is 2. The van der Waals surface area contributed by atoms with E-state index in [4.69, 9.17) is 14.5 Å². The maximum atomic E-state index is 12.2. The average Bonchev–Trinajstić information content (AvgIpc) is 3.28. The van der Waals surface area contributed by atoms with Gasteiger partial charge >= 0.3 is 6.09 Å². The van der Waals surface area contributed by atoms with Crippen LogP contribution in [0.3, 0.4) is 0 Å². The van der Waals surface area contributed by atoms with Crippen LogP contribution in [0.25, 0.3) is 21.5 Å². The molecule has 9 nitrogen and oxygen atoms in total. The van der Waals surface area contributed by atoms with E-state index in [0.29, 0.717) is 18.6 Å². The van der Waals surface area contributed by atoms with Gasteiger partial charge in [-0.15, -0.1) is 11.3 Å². The quantitative estimate of drug-likeness (QED) is 0.401. The Morgan fingerprint density at radius 3 is 2.35 bits per heavy atom. The molecular weight excluding hydrogens is 526 g/mol. The van der Waals surface area contributed by atoms with Crippen LogP contribution in [0, 0.1) is 5.41 Å². The number of amides is 2. The van der Waals surface area contributed by atoms with Crippen LogP contribution in [0.1, 0.15) is 27.7 Å². The summed E-state index contributed by atoms with van der Waals surface area (Å²) >= 11 is 1.62. The summed E-state index contributed by atoms with van der Waals surface area (Å²) in [6, 6.07) is 12.1. The fourth-order valence-corrected chi connectivity index (χ4v) is 6.53. The Morgan fingerprint density at radius 1 is 1.07 bits per heavy atom. The number of likely N-dealkylation sites (N-methyl/N-ethyl adjacent to an activating group) is 1. The molecule has 2 amide bonds. The molecule has 0 unspecified atom stereocenters. The molecule has 0 aliphatic carbocycles. The van der Waals surface area contributed by atoms with E-state index in [1.165, 1.54) is 10.6 Å². The van der Waals surface area contributed by atoms with Gasteiger partial charge in [0.25, 0.3) is 0 Å². The van der Waals surface area contributed by atoms with Gasteiger partial charge in [-0.3, -0.25) is 4.79 Å². The van der Waals surface area contributed by atoms with E-state index in [-0.39, 0.29) is 12.0 Å². The van der Waals surface area contributed by atoms with Crippen molar-refractivity contribution in [1.29, 1.82) is 0 Å². The third-order valence-corrected chi connectivity index (χ3v) is 8.63. The van der Waals surface area contributed by atoms with E-state index >= 15 is 0 Å². The second-order valence-electron chi connectivity index (χ2n) is 12.2. The largest absolute Gasteiger partial charge is 0.492 e. The summed E-state index contributed by atoms with van der Waals surface area (Å²) in [5.74, 6) is 0.726. The van der Waals surface area contributed by atoms with Crippen molar-refractivity contribution in [2.24, 2.45) is 5.41 Å². The maximum Gasteiger partial charge on any atom is 0.410 e. The fraction of sp³-hybridized carbons (Fsp3) is 0.500. The van der Waals surface area contributed by atoms with Crippen LogP contribution >= 0.6 is 11.3 Å². The molecule has 2 aromatic heterocycles. The van der Waals surface area contributed by atoms with Crippen molar-refractivity contribution in [1.82, 2.24) is 14.8 Å². The van der Waals surface area contributed by atoms with E-state index in [2.05, 4.69) is 22.9 Å². The predicted molar refractivity (Wildman–Crippen MR) is 161 cm³/mol. The van der Waals surface area contributed by atoms with Crippen LogP contribution in [-0.4, -0.2) is 92.9 Å². The molecule has 0 N–H and O–H groups in total. The third kappa shape index (κ3) is 5.88. The van der Waals surface area contributed by atoms with Crippen molar-refractivity contribution in [3.05, 3.63) is 36.4 Å². The molecule has 3 aromatic rings. The first-order chi connectivity index (χ1) is 18.8. The molecule has 4 heterocycles. The van der Waals surface area contributed by atoms with E-state index in [1.807, 2.05) is 51.1 Å². The molecule has 10 heteroatoms. The molecule has 2 aliphatic rings. The average molecular weight is 566 g/mol. The number of carbonyl (C=O) groups excluding carboxylic acids is 2. The van der Waals surface area contributed by atoms with Gasteiger partial charge in [0.1, 0.15) is 23.0 Å². The smallest absolute Gasteiger partial charge is 0.410 e. The Morgan fingerprint density at radius 2 is 1.75 bits per heavy atom. The van der Waals surface area contributed by atoms with Crippen LogP contribution in [0.15, 0.2) is 36.4 Å². The predicted octanol–water partition coefficient (Wildman–Crippen LogP) is 4.94. The number of thiophene rings is 1. The number of pyridine rings is 1. The van der Waals surface area contributed by atoms with Crippen molar-refractivity contribution in [3.63, 3.8) is 0 Å². The molecule has 1 spiro atoms. The van der Waals surface area contributed by atoms with Gasteiger partial charge in [0.05, 0.1) is 28.1 Å². The zero-order valence-electron chi connectivity index (χ0n) is 24.5. The van der Waals surface area contributed by atoms with Crippen molar-refractivity contribution in [3.8, 4) is 17.0 Å². The SMILES string of the molecule is CC(=O)N(C)c1cc2nc(-c3ccc(OCCN(C)C(=O)OC(C)(C)C)cc3)cc(N3CC4(CN(C)C4)C3)c2s1. The number of likely N-dealkylation sites (tertiary alicyclic amines) is 1. The Labute approximate surface area is 240 Å². The van der Waals surface area contributed by atoms with Gasteiger partial charge in [0.15, 0.2) is 0 Å². The lowest BCUT2D eigenvalue weighted by molar-refractivity contribution is -0.116. The number of hydrogen-bond donors (Lipinski definition) is 0. The lowest BCUT2D eigenvalue weighted by atomic mass is 9.73. The van der Waals surface area contributed by atoms with Crippen LogP contribution < -0.4 is 14.5 Å². The summed E-state index contributed by atoms with van der Waals surface area (Å²) in [5, 5.41) is 0.895. The van der Waals surface area contributed by atoms with Gasteiger partial charge in [-0.2, -0.15) is 0 Å². The molecule has 1 aromatic carbocycles.